The van der Waals surface area contributed by atoms with Gasteiger partial charge in [-0.2, -0.15) is 0 Å². The molecule has 4 heteroatoms. The van der Waals surface area contributed by atoms with Crippen molar-refractivity contribution in [3.05, 3.63) is 21.4 Å². The van der Waals surface area contributed by atoms with Crippen molar-refractivity contribution in [1.29, 1.82) is 0 Å². The van der Waals surface area contributed by atoms with Crippen LogP contribution in [0.3, 0.4) is 0 Å². The third kappa shape index (κ3) is 3.78. The number of nitrogens with zero attached hydrogens (tertiary/aromatic N) is 1. The summed E-state index contributed by atoms with van der Waals surface area (Å²) in [5.74, 6) is 0. The van der Waals surface area contributed by atoms with Crippen LogP contribution in [0.5, 0.6) is 0 Å². The number of morpholine rings is 1. The van der Waals surface area contributed by atoms with E-state index in [2.05, 4.69) is 37.1 Å². The highest BCUT2D eigenvalue weighted by Gasteiger charge is 2.26. The molecule has 108 valence electrons. The van der Waals surface area contributed by atoms with Crippen LogP contribution in [0.25, 0.3) is 0 Å². The number of nitrogens with one attached hydrogen (secondary N) is 1. The smallest absolute Gasteiger partial charge is 0.0674 e. The Labute approximate surface area is 121 Å². The number of hydrogen-bond donors (Lipinski definition) is 1. The molecule has 1 aliphatic heterocycles. The van der Waals surface area contributed by atoms with Crippen LogP contribution >= 0.6 is 11.3 Å². The van der Waals surface area contributed by atoms with E-state index in [0.29, 0.717) is 12.1 Å². The zero-order valence-corrected chi connectivity index (χ0v) is 13.3. The van der Waals surface area contributed by atoms with Gasteiger partial charge >= 0.3 is 0 Å². The zero-order valence-electron chi connectivity index (χ0n) is 12.5. The molecule has 1 aliphatic rings. The van der Waals surface area contributed by atoms with Crippen LogP contribution in [0.2, 0.25) is 0 Å². The van der Waals surface area contributed by atoms with Gasteiger partial charge in [-0.1, -0.05) is 6.92 Å². The first-order valence-electron chi connectivity index (χ1n) is 7.22. The van der Waals surface area contributed by atoms with Crippen molar-refractivity contribution in [2.45, 2.75) is 52.4 Å². The molecule has 0 aromatic carbocycles. The van der Waals surface area contributed by atoms with Gasteiger partial charge in [0.1, 0.15) is 0 Å². The van der Waals surface area contributed by atoms with Gasteiger partial charge in [-0.25, -0.2) is 0 Å². The number of aryl methyl sites for hydroxylation is 1. The van der Waals surface area contributed by atoms with Crippen LogP contribution in [0.1, 0.15) is 35.6 Å². The molecule has 2 unspecified atom stereocenters. The molecule has 2 heterocycles. The minimum absolute atomic E-state index is 0.360. The van der Waals surface area contributed by atoms with Gasteiger partial charge in [0.15, 0.2) is 0 Å². The van der Waals surface area contributed by atoms with E-state index in [4.69, 9.17) is 4.74 Å². The van der Waals surface area contributed by atoms with Crippen LogP contribution in [0.4, 0.5) is 0 Å². The van der Waals surface area contributed by atoms with Crippen molar-refractivity contribution in [3.8, 4) is 0 Å². The lowest BCUT2D eigenvalue weighted by Crippen LogP contribution is -2.47. The van der Waals surface area contributed by atoms with Crippen LogP contribution in [-0.2, 0) is 17.8 Å². The third-order valence-electron chi connectivity index (χ3n) is 3.85. The van der Waals surface area contributed by atoms with E-state index in [1.807, 2.05) is 18.4 Å². The van der Waals surface area contributed by atoms with E-state index >= 15 is 0 Å². The predicted molar refractivity (Wildman–Crippen MR) is 81.7 cm³/mol. The molecule has 2 atom stereocenters. The summed E-state index contributed by atoms with van der Waals surface area (Å²) in [6.45, 7) is 10.6. The van der Waals surface area contributed by atoms with Crippen molar-refractivity contribution in [2.75, 3.05) is 20.2 Å². The largest absolute Gasteiger partial charge is 0.376 e. The van der Waals surface area contributed by atoms with Gasteiger partial charge in [0.05, 0.1) is 12.7 Å². The first-order valence-corrected chi connectivity index (χ1v) is 8.04. The van der Waals surface area contributed by atoms with E-state index < -0.39 is 0 Å². The second kappa shape index (κ2) is 6.84. The average Bonchev–Trinajstić information content (AvgIpc) is 2.71. The predicted octanol–water partition coefficient (Wildman–Crippen LogP) is 2.78. The molecule has 0 amide bonds. The average molecular weight is 282 g/mol. The van der Waals surface area contributed by atoms with Gasteiger partial charge in [0, 0.05) is 35.4 Å². The standard InChI is InChI=1S/C15H26N2OS/c1-5-14-10-18-11(2)8-17(14)9-13-6-15(7-16-4)19-12(13)3/h6,11,14,16H,5,7-10H2,1-4H3. The summed E-state index contributed by atoms with van der Waals surface area (Å²) in [7, 11) is 2.01. The van der Waals surface area contributed by atoms with E-state index in [9.17, 15) is 0 Å². The van der Waals surface area contributed by atoms with Crippen molar-refractivity contribution in [3.63, 3.8) is 0 Å². The summed E-state index contributed by atoms with van der Waals surface area (Å²) in [4.78, 5) is 5.48. The minimum Gasteiger partial charge on any atom is -0.376 e. The highest BCUT2D eigenvalue weighted by Crippen LogP contribution is 2.25. The number of thiophene rings is 1. The van der Waals surface area contributed by atoms with Gasteiger partial charge in [0.2, 0.25) is 0 Å². The van der Waals surface area contributed by atoms with Crippen molar-refractivity contribution < 1.29 is 4.74 Å². The first kappa shape index (κ1) is 15.0. The second-order valence-corrected chi connectivity index (χ2v) is 6.80. The van der Waals surface area contributed by atoms with E-state index in [1.54, 1.807) is 0 Å². The molecule has 2 rings (SSSR count). The molecule has 0 spiro atoms. The Morgan fingerprint density at radius 3 is 3.00 bits per heavy atom. The maximum absolute atomic E-state index is 5.77. The second-order valence-electron chi connectivity index (χ2n) is 5.46. The molecule has 1 aromatic rings. The summed E-state index contributed by atoms with van der Waals surface area (Å²) in [5.41, 5.74) is 1.49. The van der Waals surface area contributed by atoms with Gasteiger partial charge in [-0.05, 0) is 38.9 Å². The topological polar surface area (TPSA) is 24.5 Å². The molecule has 1 aromatic heterocycles. The Hall–Kier alpha value is -0.420. The monoisotopic (exact) mass is 282 g/mol. The first-order chi connectivity index (χ1) is 9.13. The summed E-state index contributed by atoms with van der Waals surface area (Å²) in [6.07, 6.45) is 1.53. The molecule has 0 radical (unpaired) electrons. The molecule has 1 saturated heterocycles. The van der Waals surface area contributed by atoms with E-state index in [0.717, 1.165) is 26.2 Å². The summed E-state index contributed by atoms with van der Waals surface area (Å²) >= 11 is 1.92. The van der Waals surface area contributed by atoms with Crippen LogP contribution in [0, 0.1) is 6.92 Å². The Morgan fingerprint density at radius 1 is 1.53 bits per heavy atom. The molecule has 1 N–H and O–H groups in total. The lowest BCUT2D eigenvalue weighted by Gasteiger charge is -2.38. The Bertz CT molecular complexity index is 405. The fraction of sp³-hybridized carbons (Fsp3) is 0.733. The lowest BCUT2D eigenvalue weighted by atomic mass is 10.1. The van der Waals surface area contributed by atoms with Crippen molar-refractivity contribution in [1.82, 2.24) is 10.2 Å². The quantitative estimate of drug-likeness (QED) is 0.899. The molecule has 19 heavy (non-hydrogen) atoms. The third-order valence-corrected chi connectivity index (χ3v) is 4.94. The maximum Gasteiger partial charge on any atom is 0.0674 e. The van der Waals surface area contributed by atoms with Crippen LogP contribution < -0.4 is 5.32 Å². The number of ether oxygens (including phenoxy) is 1. The highest BCUT2D eigenvalue weighted by molar-refractivity contribution is 7.12. The molecule has 3 nitrogen and oxygen atoms in total. The maximum atomic E-state index is 5.77. The molecule has 0 aliphatic carbocycles. The summed E-state index contributed by atoms with van der Waals surface area (Å²) < 4.78 is 5.77. The van der Waals surface area contributed by atoms with Crippen molar-refractivity contribution >= 4 is 11.3 Å². The molecule has 0 saturated carbocycles. The fourth-order valence-electron chi connectivity index (χ4n) is 2.71. The van der Waals surface area contributed by atoms with Crippen LogP contribution in [0.15, 0.2) is 6.07 Å². The van der Waals surface area contributed by atoms with Crippen molar-refractivity contribution in [2.24, 2.45) is 0 Å². The van der Waals surface area contributed by atoms with Gasteiger partial charge in [-0.3, -0.25) is 4.90 Å². The Balaban J connectivity index is 2.05. The Kier molecular flexibility index (Phi) is 5.39. The number of rotatable bonds is 5. The minimum atomic E-state index is 0.360. The summed E-state index contributed by atoms with van der Waals surface area (Å²) in [6, 6.07) is 2.94. The normalized spacial score (nSPS) is 24.8. The lowest BCUT2D eigenvalue weighted by molar-refractivity contribution is -0.0592. The number of hydrogen-bond acceptors (Lipinski definition) is 4. The van der Waals surface area contributed by atoms with Crippen LogP contribution in [-0.4, -0.2) is 37.2 Å². The Morgan fingerprint density at radius 2 is 2.32 bits per heavy atom. The zero-order chi connectivity index (χ0) is 13.8. The van der Waals surface area contributed by atoms with Gasteiger partial charge in [-0.15, -0.1) is 11.3 Å². The highest BCUT2D eigenvalue weighted by atomic mass is 32.1. The molecule has 1 fully saturated rings. The van der Waals surface area contributed by atoms with E-state index in [-0.39, 0.29) is 0 Å². The SMILES string of the molecule is CCC1COC(C)CN1Cc1cc(CNC)sc1C. The molecule has 0 bridgehead atoms. The van der Waals surface area contributed by atoms with Gasteiger partial charge < -0.3 is 10.1 Å². The van der Waals surface area contributed by atoms with E-state index in [1.165, 1.54) is 21.7 Å². The van der Waals surface area contributed by atoms with Gasteiger partial charge in [0.25, 0.3) is 0 Å². The fourth-order valence-corrected chi connectivity index (χ4v) is 3.77. The molecular formula is C15H26N2OS. The summed E-state index contributed by atoms with van der Waals surface area (Å²) in [5, 5.41) is 3.23. The molecular weight excluding hydrogens is 256 g/mol.